The maximum absolute atomic E-state index is 2.43. The number of benzene rings is 10. The quantitative estimate of drug-likeness (QED) is 0.147. The average molecular weight is 890 g/mol. The van der Waals surface area contributed by atoms with Crippen molar-refractivity contribution < 1.29 is 0 Å². The second-order valence-electron chi connectivity index (χ2n) is 17.6. The summed E-state index contributed by atoms with van der Waals surface area (Å²) in [5.74, 6) is 0. The molecular formula is C64H43NS2. The molecule has 0 atom stereocenters. The molecule has 3 heteroatoms. The lowest BCUT2D eigenvalue weighted by Gasteiger charge is -2.26. The minimum Gasteiger partial charge on any atom is -0.311 e. The summed E-state index contributed by atoms with van der Waals surface area (Å²) in [5, 5.41) is 6.66. The molecule has 0 saturated heterocycles. The van der Waals surface area contributed by atoms with Gasteiger partial charge in [0.1, 0.15) is 0 Å². The molecule has 1 aliphatic rings. The molecule has 0 fully saturated rings. The standard InChI is InChI=1S/C64H43NS2/c1-2-8-42(9-3-1)45-22-31-53(32-23-45)65(54-33-24-46(25-34-54)43-14-18-48(19-15-43)51-29-38-62-59(40-51)57-12-6-7-13-61(57)66-62)55-35-26-47(27-36-55)44-16-20-49(21-17-44)52-30-39-63-60(41-52)58-37-28-50-10-4-5-11-56(50)64(58)67-63/h1-28,30-37,39-41H,29,38H2. The number of rotatable bonds is 8. The summed E-state index contributed by atoms with van der Waals surface area (Å²) >= 11 is 3.84. The van der Waals surface area contributed by atoms with E-state index >= 15 is 0 Å². The van der Waals surface area contributed by atoms with E-state index < -0.39 is 0 Å². The molecule has 12 aromatic rings. The molecule has 1 aliphatic carbocycles. The van der Waals surface area contributed by atoms with Gasteiger partial charge in [0.15, 0.2) is 0 Å². The smallest absolute Gasteiger partial charge is 0.0462 e. The molecule has 316 valence electrons. The summed E-state index contributed by atoms with van der Waals surface area (Å²) in [6.07, 6.45) is 4.61. The van der Waals surface area contributed by atoms with Gasteiger partial charge in [-0.25, -0.2) is 0 Å². The number of allylic oxidation sites excluding steroid dienone is 1. The third-order valence-corrected chi connectivity index (χ3v) is 16.1. The van der Waals surface area contributed by atoms with E-state index in [0.717, 1.165) is 29.9 Å². The summed E-state index contributed by atoms with van der Waals surface area (Å²) < 4.78 is 4.08. The van der Waals surface area contributed by atoms with Gasteiger partial charge in [-0.2, -0.15) is 0 Å². The van der Waals surface area contributed by atoms with E-state index in [1.54, 1.807) is 0 Å². The summed E-state index contributed by atoms with van der Waals surface area (Å²) in [6.45, 7) is 0. The molecule has 67 heavy (non-hydrogen) atoms. The minimum absolute atomic E-state index is 1.08. The first kappa shape index (κ1) is 39.5. The molecular weight excluding hydrogens is 847 g/mol. The normalized spacial score (nSPS) is 12.4. The van der Waals surface area contributed by atoms with Crippen molar-refractivity contribution in [1.29, 1.82) is 0 Å². The van der Waals surface area contributed by atoms with Crippen LogP contribution in [0.25, 0.3) is 97.2 Å². The Morgan fingerprint density at radius 1 is 0.313 bits per heavy atom. The van der Waals surface area contributed by atoms with Gasteiger partial charge < -0.3 is 4.90 Å². The molecule has 0 radical (unpaired) electrons. The SMILES string of the molecule is C1=C(c2ccc(-c3ccc(N(c4ccc(-c5ccccc5)cc4)c4ccc(-c5ccc(-c6ccc7sc8c9ccccc9ccc8c7c6)cc5)cc4)cc3)cc2)CCc2sc3ccccc3c21. The molecule has 0 N–H and O–H groups in total. The van der Waals surface area contributed by atoms with Crippen molar-refractivity contribution in [3.05, 3.63) is 247 Å². The fourth-order valence-corrected chi connectivity index (χ4v) is 12.5. The summed E-state index contributed by atoms with van der Waals surface area (Å²) in [4.78, 5) is 3.87. The second kappa shape index (κ2) is 16.6. The van der Waals surface area contributed by atoms with Gasteiger partial charge in [-0.15, -0.1) is 22.7 Å². The Kier molecular flexibility index (Phi) is 9.77. The van der Waals surface area contributed by atoms with E-state index in [-0.39, 0.29) is 0 Å². The van der Waals surface area contributed by atoms with Crippen molar-refractivity contribution in [2.45, 2.75) is 12.8 Å². The zero-order chi connectivity index (χ0) is 44.3. The van der Waals surface area contributed by atoms with E-state index in [9.17, 15) is 0 Å². The van der Waals surface area contributed by atoms with E-state index in [1.807, 2.05) is 22.7 Å². The van der Waals surface area contributed by atoms with E-state index in [1.165, 1.54) is 107 Å². The number of aryl methyl sites for hydroxylation is 1. The number of hydrogen-bond donors (Lipinski definition) is 0. The van der Waals surface area contributed by atoms with Crippen LogP contribution in [0.15, 0.2) is 231 Å². The third kappa shape index (κ3) is 7.25. The predicted octanol–water partition coefficient (Wildman–Crippen LogP) is 19.0. The minimum atomic E-state index is 1.08. The molecule has 1 nitrogen and oxygen atoms in total. The lowest BCUT2D eigenvalue weighted by atomic mass is 9.91. The Balaban J connectivity index is 0.782. The van der Waals surface area contributed by atoms with Crippen LogP contribution >= 0.6 is 22.7 Å². The second-order valence-corrected chi connectivity index (χ2v) is 19.8. The van der Waals surface area contributed by atoms with Crippen LogP contribution in [0.4, 0.5) is 17.1 Å². The highest BCUT2D eigenvalue weighted by molar-refractivity contribution is 7.26. The maximum Gasteiger partial charge on any atom is 0.0462 e. The Bertz CT molecular complexity index is 3800. The highest BCUT2D eigenvalue weighted by atomic mass is 32.1. The number of nitrogens with zero attached hydrogens (tertiary/aromatic N) is 1. The Labute approximate surface area is 398 Å². The van der Waals surface area contributed by atoms with Crippen molar-refractivity contribution >= 4 is 92.4 Å². The van der Waals surface area contributed by atoms with Crippen LogP contribution in [0.3, 0.4) is 0 Å². The lowest BCUT2D eigenvalue weighted by molar-refractivity contribution is 1.03. The number of anilines is 3. The first-order valence-corrected chi connectivity index (χ1v) is 24.7. The van der Waals surface area contributed by atoms with Gasteiger partial charge in [-0.3, -0.25) is 0 Å². The van der Waals surface area contributed by atoms with Crippen molar-refractivity contribution in [1.82, 2.24) is 0 Å². The van der Waals surface area contributed by atoms with Crippen LogP contribution in [0.5, 0.6) is 0 Å². The van der Waals surface area contributed by atoms with Gasteiger partial charge in [-0.05, 0) is 151 Å². The molecule has 13 rings (SSSR count). The maximum atomic E-state index is 2.43. The lowest BCUT2D eigenvalue weighted by Crippen LogP contribution is -2.09. The van der Waals surface area contributed by atoms with Crippen LogP contribution in [0.1, 0.15) is 22.4 Å². The molecule has 0 aliphatic heterocycles. The average Bonchev–Trinajstić information content (AvgIpc) is 3.98. The van der Waals surface area contributed by atoms with Crippen LogP contribution in [0, 0.1) is 0 Å². The van der Waals surface area contributed by atoms with Crippen molar-refractivity contribution in [3.8, 4) is 44.5 Å². The first-order chi connectivity index (χ1) is 33.2. The summed E-state index contributed by atoms with van der Waals surface area (Å²) in [5.41, 5.74) is 17.2. The van der Waals surface area contributed by atoms with Crippen LogP contribution in [0.2, 0.25) is 0 Å². The topological polar surface area (TPSA) is 3.24 Å². The number of fused-ring (bicyclic) bond motifs is 8. The molecule has 0 unspecified atom stereocenters. The van der Waals surface area contributed by atoms with Crippen molar-refractivity contribution in [2.24, 2.45) is 0 Å². The van der Waals surface area contributed by atoms with Gasteiger partial charge in [-0.1, -0.05) is 176 Å². The van der Waals surface area contributed by atoms with Crippen LogP contribution in [-0.2, 0) is 6.42 Å². The van der Waals surface area contributed by atoms with Gasteiger partial charge in [0.2, 0.25) is 0 Å². The molecule has 2 heterocycles. The first-order valence-electron chi connectivity index (χ1n) is 23.1. The summed E-state index contributed by atoms with van der Waals surface area (Å²) in [6, 6.07) is 84.8. The molecule has 10 aromatic carbocycles. The van der Waals surface area contributed by atoms with Crippen LogP contribution < -0.4 is 4.90 Å². The monoisotopic (exact) mass is 889 g/mol. The van der Waals surface area contributed by atoms with E-state index in [4.69, 9.17) is 0 Å². The molecule has 0 amide bonds. The van der Waals surface area contributed by atoms with Crippen molar-refractivity contribution in [2.75, 3.05) is 4.90 Å². The highest BCUT2D eigenvalue weighted by Crippen LogP contribution is 2.43. The van der Waals surface area contributed by atoms with Gasteiger partial charge >= 0.3 is 0 Å². The predicted molar refractivity (Wildman–Crippen MR) is 291 cm³/mol. The summed E-state index contributed by atoms with van der Waals surface area (Å²) in [7, 11) is 0. The zero-order valence-corrected chi connectivity index (χ0v) is 38.3. The number of hydrogen-bond acceptors (Lipinski definition) is 3. The van der Waals surface area contributed by atoms with Gasteiger partial charge in [0.25, 0.3) is 0 Å². The van der Waals surface area contributed by atoms with E-state index in [2.05, 4.69) is 241 Å². The van der Waals surface area contributed by atoms with Gasteiger partial charge in [0.05, 0.1) is 0 Å². The Morgan fingerprint density at radius 3 is 1.42 bits per heavy atom. The third-order valence-electron chi connectivity index (χ3n) is 13.6. The molecule has 2 aromatic heterocycles. The Morgan fingerprint density at radius 2 is 0.791 bits per heavy atom. The van der Waals surface area contributed by atoms with E-state index in [0.29, 0.717) is 0 Å². The van der Waals surface area contributed by atoms with Crippen LogP contribution in [-0.4, -0.2) is 0 Å². The highest BCUT2D eigenvalue weighted by Gasteiger charge is 2.18. The zero-order valence-electron chi connectivity index (χ0n) is 36.7. The fourth-order valence-electron chi connectivity index (χ4n) is 10.1. The number of thiophene rings is 2. The van der Waals surface area contributed by atoms with Gasteiger partial charge in [0, 0.05) is 46.8 Å². The molecule has 0 spiro atoms. The largest absolute Gasteiger partial charge is 0.311 e. The van der Waals surface area contributed by atoms with Crippen molar-refractivity contribution in [3.63, 3.8) is 0 Å². The molecule has 0 saturated carbocycles. The molecule has 0 bridgehead atoms. The Hall–Kier alpha value is -7.82. The fraction of sp³-hybridized carbons (Fsp3) is 0.0312.